The number of aromatic nitrogens is 4. The zero-order valence-corrected chi connectivity index (χ0v) is 31.2. The molecule has 56 heavy (non-hydrogen) atoms. The predicted octanol–water partition coefficient (Wildman–Crippen LogP) is 8.44. The number of carbonyl (C=O) groups excluding carboxylic acids is 2. The Kier molecular flexibility index (Phi) is 14.5. The van der Waals surface area contributed by atoms with Gasteiger partial charge in [0, 0.05) is 41.9 Å². The molecule has 0 spiro atoms. The monoisotopic (exact) mass is 782 g/mol. The smallest absolute Gasteiger partial charge is 0.254 e. The first-order valence-electron chi connectivity index (χ1n) is 17.8. The quantitative estimate of drug-likeness (QED) is 0.155. The van der Waals surface area contributed by atoms with Crippen LogP contribution in [0, 0.1) is 11.6 Å². The highest BCUT2D eigenvalue weighted by Gasteiger charge is 2.29. The second kappa shape index (κ2) is 19.7. The fourth-order valence-corrected chi connectivity index (χ4v) is 6.07. The fourth-order valence-electron chi connectivity index (χ4n) is 5.94. The van der Waals surface area contributed by atoms with Crippen LogP contribution in [-0.4, -0.2) is 47.7 Å². The van der Waals surface area contributed by atoms with Crippen molar-refractivity contribution in [3.8, 4) is 11.8 Å². The maximum absolute atomic E-state index is 13.1. The van der Waals surface area contributed by atoms with E-state index >= 15 is 0 Å². The van der Waals surface area contributed by atoms with Gasteiger partial charge in [-0.25, -0.2) is 8.78 Å². The van der Waals surface area contributed by atoms with Gasteiger partial charge in [0.25, 0.3) is 11.1 Å². The average molecular weight is 783 g/mol. The van der Waals surface area contributed by atoms with Gasteiger partial charge in [0.15, 0.2) is 0 Å². The lowest BCUT2D eigenvalue weighted by atomic mass is 10.1. The second-order valence-corrected chi connectivity index (χ2v) is 13.6. The summed E-state index contributed by atoms with van der Waals surface area (Å²) in [6, 6.07) is 35.1. The van der Waals surface area contributed by atoms with E-state index in [1.165, 1.54) is 54.2 Å². The van der Waals surface area contributed by atoms with Crippen molar-refractivity contribution in [3.63, 3.8) is 0 Å². The van der Waals surface area contributed by atoms with E-state index in [1.54, 1.807) is 4.90 Å². The number of amides is 1. The normalized spacial score (nSPS) is 15.3. The molecule has 10 nitrogen and oxygen atoms in total. The number of hydrogen-bond donors (Lipinski definition) is 1. The number of hydrogen-bond acceptors (Lipinski definition) is 7. The van der Waals surface area contributed by atoms with Crippen molar-refractivity contribution < 1.29 is 27.8 Å². The molecule has 6 aromatic rings. The minimum Gasteiger partial charge on any atom is -0.472 e. The number of halogens is 3. The van der Waals surface area contributed by atoms with Crippen molar-refractivity contribution in [1.82, 2.24) is 29.8 Å². The molecule has 2 atom stereocenters. The summed E-state index contributed by atoms with van der Waals surface area (Å²) in [5.74, 6) is 0.432. The first-order chi connectivity index (χ1) is 26.6. The standard InChI is InChI=1S/C21H20FN3O2.C14H17N3O.C7H4ClFO.CH4/c1-15-12-25-19(11-20(23-25)27-14-16-5-3-2-4-6-16)13-24(15)21(26)17-7-9-18(22)10-8-17;1-11-9-17-13(8-15-11)7-14(16-17)18-10-12-5-3-2-4-6-12;8-7(10)5-1-3-6(9)4-2-5;/h2-11,15H,12-14H2,1H3;2-7,11,15H,8-10H2,1H3;1-4H;1H4/t15-;11-;;/m11../s1. The van der Waals surface area contributed by atoms with E-state index in [2.05, 4.69) is 34.6 Å². The molecule has 4 heterocycles. The van der Waals surface area contributed by atoms with Gasteiger partial charge in [-0.05, 0) is 85.1 Å². The highest BCUT2D eigenvalue weighted by molar-refractivity contribution is 6.67. The summed E-state index contributed by atoms with van der Waals surface area (Å²) in [5.41, 5.74) is 5.14. The molecule has 2 aromatic heterocycles. The molecule has 0 saturated heterocycles. The highest BCUT2D eigenvalue weighted by atomic mass is 35.5. The topological polar surface area (TPSA) is 104 Å². The van der Waals surface area contributed by atoms with Gasteiger partial charge in [0.05, 0.1) is 31.0 Å². The third kappa shape index (κ3) is 11.3. The van der Waals surface area contributed by atoms with Gasteiger partial charge in [0.2, 0.25) is 11.8 Å². The Balaban J connectivity index is 0.000000178. The van der Waals surface area contributed by atoms with Gasteiger partial charge >= 0.3 is 0 Å². The summed E-state index contributed by atoms with van der Waals surface area (Å²) < 4.78 is 40.7. The minimum atomic E-state index is -0.569. The van der Waals surface area contributed by atoms with Gasteiger partial charge in [-0.3, -0.25) is 19.0 Å². The molecule has 292 valence electrons. The van der Waals surface area contributed by atoms with Crippen LogP contribution in [0.25, 0.3) is 0 Å². The maximum atomic E-state index is 13.1. The van der Waals surface area contributed by atoms with Crippen LogP contribution in [0.2, 0.25) is 0 Å². The minimum absolute atomic E-state index is 0. The first-order valence-corrected chi connectivity index (χ1v) is 18.2. The number of ether oxygens (including phenoxy) is 2. The van der Waals surface area contributed by atoms with Gasteiger partial charge in [-0.2, -0.15) is 0 Å². The molecule has 0 saturated carbocycles. The van der Waals surface area contributed by atoms with Crippen molar-refractivity contribution in [3.05, 3.63) is 167 Å². The van der Waals surface area contributed by atoms with Crippen molar-refractivity contribution in [2.75, 3.05) is 0 Å². The first kappa shape index (κ1) is 41.3. The van der Waals surface area contributed by atoms with Crippen LogP contribution in [0.4, 0.5) is 8.78 Å². The van der Waals surface area contributed by atoms with E-state index in [4.69, 9.17) is 21.1 Å². The molecule has 2 aliphatic rings. The van der Waals surface area contributed by atoms with Crippen molar-refractivity contribution >= 4 is 22.8 Å². The van der Waals surface area contributed by atoms with Gasteiger partial charge in [-0.15, -0.1) is 10.2 Å². The molecule has 1 amide bonds. The van der Waals surface area contributed by atoms with E-state index in [0.717, 1.165) is 29.9 Å². The summed E-state index contributed by atoms with van der Waals surface area (Å²) in [6.07, 6.45) is 0. The van der Waals surface area contributed by atoms with Crippen LogP contribution in [-0.2, 0) is 39.4 Å². The van der Waals surface area contributed by atoms with Crippen molar-refractivity contribution in [2.24, 2.45) is 0 Å². The summed E-state index contributed by atoms with van der Waals surface area (Å²) in [4.78, 5) is 25.0. The van der Waals surface area contributed by atoms with Crippen LogP contribution in [0.15, 0.2) is 121 Å². The van der Waals surface area contributed by atoms with Crippen LogP contribution < -0.4 is 14.8 Å². The molecule has 8 rings (SSSR count). The number of benzene rings is 4. The summed E-state index contributed by atoms with van der Waals surface area (Å²) in [6.45, 7) is 7.97. The molecule has 0 bridgehead atoms. The molecule has 0 aliphatic carbocycles. The van der Waals surface area contributed by atoms with Gasteiger partial charge < -0.3 is 19.7 Å². The number of nitrogens with one attached hydrogen (secondary N) is 1. The number of rotatable bonds is 8. The van der Waals surface area contributed by atoms with Crippen molar-refractivity contribution in [2.45, 2.75) is 72.8 Å². The molecule has 0 fully saturated rings. The molecule has 0 unspecified atom stereocenters. The predicted molar refractivity (Wildman–Crippen MR) is 211 cm³/mol. The maximum Gasteiger partial charge on any atom is 0.254 e. The summed E-state index contributed by atoms with van der Waals surface area (Å²) >= 11 is 5.09. The highest BCUT2D eigenvalue weighted by Crippen LogP contribution is 2.24. The Morgan fingerprint density at radius 1 is 0.714 bits per heavy atom. The Morgan fingerprint density at radius 2 is 1.20 bits per heavy atom. The molecule has 2 aliphatic heterocycles. The number of nitrogens with zero attached hydrogens (tertiary/aromatic N) is 5. The van der Waals surface area contributed by atoms with Gasteiger partial charge in [0.1, 0.15) is 24.8 Å². The van der Waals surface area contributed by atoms with E-state index in [-0.39, 0.29) is 31.0 Å². The van der Waals surface area contributed by atoms with E-state index < -0.39 is 5.24 Å². The van der Waals surface area contributed by atoms with Crippen molar-refractivity contribution in [1.29, 1.82) is 0 Å². The number of fused-ring (bicyclic) bond motifs is 2. The van der Waals surface area contributed by atoms with Crippen LogP contribution >= 0.6 is 11.6 Å². The van der Waals surface area contributed by atoms with E-state index in [1.807, 2.05) is 77.0 Å². The zero-order valence-electron chi connectivity index (χ0n) is 30.4. The van der Waals surface area contributed by atoms with E-state index in [0.29, 0.717) is 55.2 Å². The average Bonchev–Trinajstić information content (AvgIpc) is 3.80. The fraction of sp³-hybridized carbons (Fsp3) is 0.256. The Hall–Kier alpha value is -5.85. The molecule has 13 heteroatoms. The van der Waals surface area contributed by atoms with E-state index in [9.17, 15) is 18.4 Å². The lowest BCUT2D eigenvalue weighted by molar-refractivity contribution is 0.0606. The third-order valence-electron chi connectivity index (χ3n) is 8.94. The second-order valence-electron chi connectivity index (χ2n) is 13.2. The third-order valence-corrected chi connectivity index (χ3v) is 9.16. The van der Waals surface area contributed by atoms with Crippen LogP contribution in [0.3, 0.4) is 0 Å². The Labute approximate surface area is 330 Å². The molecular weight excluding hydrogens is 738 g/mol. The summed E-state index contributed by atoms with van der Waals surface area (Å²) in [5, 5.41) is 11.8. The molecule has 0 radical (unpaired) electrons. The molecule has 4 aromatic carbocycles. The molecular formula is C43H45ClF2N6O4. The Morgan fingerprint density at radius 3 is 1.71 bits per heavy atom. The van der Waals surface area contributed by atoms with Crippen LogP contribution in [0.5, 0.6) is 11.8 Å². The summed E-state index contributed by atoms with van der Waals surface area (Å²) in [7, 11) is 0. The zero-order chi connectivity index (χ0) is 38.7. The lowest BCUT2D eigenvalue weighted by Gasteiger charge is -2.33. The SMILES string of the molecule is C.C[C@@H]1Cn2nc(OCc3ccccc3)cc2CN1.C[C@@H]1Cn2nc(OCc3ccccc3)cc2CN1C(=O)c1ccc(F)cc1.O=C(Cl)c1ccc(F)cc1. The number of carbonyl (C=O) groups is 2. The molecule has 1 N–H and O–H groups in total. The van der Waals surface area contributed by atoms with Crippen LogP contribution in [0.1, 0.15) is 64.5 Å². The Bertz CT molecular complexity index is 2160. The lowest BCUT2D eigenvalue weighted by Crippen LogP contribution is -2.44. The largest absolute Gasteiger partial charge is 0.472 e. The van der Waals surface area contributed by atoms with Gasteiger partial charge in [-0.1, -0.05) is 68.1 Å².